The number of rotatable bonds is 6. The van der Waals surface area contributed by atoms with E-state index in [1.807, 2.05) is 12.3 Å². The number of carbonyl (C=O) groups excluding carboxylic acids is 1. The summed E-state index contributed by atoms with van der Waals surface area (Å²) in [5.74, 6) is 0.391. The van der Waals surface area contributed by atoms with E-state index in [1.165, 1.54) is 16.4 Å². The minimum atomic E-state index is -3.49. The number of piperidine rings is 1. The molecular formula is C20H22N4O4S. The number of hydrogen-bond donors (Lipinski definition) is 1. The Morgan fingerprint density at radius 2 is 1.83 bits per heavy atom. The van der Waals surface area contributed by atoms with Crippen LogP contribution in [0.3, 0.4) is 0 Å². The lowest BCUT2D eigenvalue weighted by Gasteiger charge is -2.25. The van der Waals surface area contributed by atoms with Gasteiger partial charge in [-0.1, -0.05) is 6.42 Å². The predicted octanol–water partition coefficient (Wildman–Crippen LogP) is 2.95. The van der Waals surface area contributed by atoms with Crippen LogP contribution in [0.25, 0.3) is 0 Å². The van der Waals surface area contributed by atoms with Crippen LogP contribution in [0.4, 0.5) is 5.69 Å². The number of hydrogen-bond acceptors (Lipinski definition) is 5. The van der Waals surface area contributed by atoms with Crippen LogP contribution in [-0.2, 0) is 16.6 Å². The molecule has 0 atom stereocenters. The van der Waals surface area contributed by atoms with Crippen LogP contribution < -0.4 is 5.32 Å². The maximum Gasteiger partial charge on any atom is 0.291 e. The van der Waals surface area contributed by atoms with E-state index in [0.29, 0.717) is 31.1 Å². The van der Waals surface area contributed by atoms with Crippen LogP contribution >= 0.6 is 0 Å². The van der Waals surface area contributed by atoms with Crippen molar-refractivity contribution in [1.82, 2.24) is 14.1 Å². The van der Waals surface area contributed by atoms with Crippen molar-refractivity contribution in [3.63, 3.8) is 0 Å². The van der Waals surface area contributed by atoms with Gasteiger partial charge in [0.2, 0.25) is 10.0 Å². The average molecular weight is 414 g/mol. The van der Waals surface area contributed by atoms with Crippen molar-refractivity contribution in [3.8, 4) is 0 Å². The summed E-state index contributed by atoms with van der Waals surface area (Å²) in [6.07, 6.45) is 6.32. The molecule has 0 aliphatic carbocycles. The summed E-state index contributed by atoms with van der Waals surface area (Å²) in [4.78, 5) is 12.6. The molecule has 2 aromatic heterocycles. The summed E-state index contributed by atoms with van der Waals surface area (Å²) in [7, 11) is -3.49. The van der Waals surface area contributed by atoms with Crippen LogP contribution in [0.15, 0.2) is 64.2 Å². The minimum absolute atomic E-state index is 0.178. The Kier molecular flexibility index (Phi) is 5.50. The maximum atomic E-state index is 12.7. The SMILES string of the molecule is O=C(Nc1ccc(S(=O)(=O)N2CCCCC2)cc1)c1ccc(Cn2cccn2)o1. The highest BCUT2D eigenvalue weighted by Crippen LogP contribution is 2.22. The second kappa shape index (κ2) is 8.22. The molecule has 1 aromatic carbocycles. The summed E-state index contributed by atoms with van der Waals surface area (Å²) in [6, 6.07) is 11.3. The first kappa shape index (κ1) is 19.4. The Hall–Kier alpha value is -2.91. The Bertz CT molecular complexity index is 1070. The van der Waals surface area contributed by atoms with Gasteiger partial charge in [0, 0.05) is 31.2 Å². The van der Waals surface area contributed by atoms with Gasteiger partial charge in [-0.05, 0) is 55.3 Å². The standard InChI is InChI=1S/C20H22N4O4S/c25-20(19-10-7-17(28-19)15-23-12-4-11-21-23)22-16-5-8-18(9-6-16)29(26,27)24-13-2-1-3-14-24/h4-12H,1-3,13-15H2,(H,22,25). The predicted molar refractivity (Wildman–Crippen MR) is 107 cm³/mol. The molecule has 1 aliphatic heterocycles. The molecule has 0 bridgehead atoms. The third-order valence-electron chi connectivity index (χ3n) is 4.83. The molecule has 0 radical (unpaired) electrons. The molecule has 1 aliphatic rings. The first-order chi connectivity index (χ1) is 14.0. The number of furan rings is 1. The van der Waals surface area contributed by atoms with Crippen LogP contribution in [0.1, 0.15) is 35.6 Å². The second-order valence-electron chi connectivity index (χ2n) is 6.91. The van der Waals surface area contributed by atoms with Crippen LogP contribution in [0.2, 0.25) is 0 Å². The molecule has 9 heteroatoms. The lowest BCUT2D eigenvalue weighted by atomic mass is 10.2. The van der Waals surface area contributed by atoms with Gasteiger partial charge in [0.05, 0.1) is 11.4 Å². The molecule has 1 amide bonds. The van der Waals surface area contributed by atoms with E-state index >= 15 is 0 Å². The molecule has 0 unspecified atom stereocenters. The average Bonchev–Trinajstić information content (AvgIpc) is 3.42. The summed E-state index contributed by atoms with van der Waals surface area (Å²) >= 11 is 0. The topological polar surface area (TPSA) is 97.4 Å². The summed E-state index contributed by atoms with van der Waals surface area (Å²) in [5.41, 5.74) is 0.498. The van der Waals surface area contributed by atoms with Gasteiger partial charge in [-0.3, -0.25) is 9.48 Å². The van der Waals surface area contributed by atoms with E-state index in [4.69, 9.17) is 4.42 Å². The van der Waals surface area contributed by atoms with Crippen LogP contribution in [-0.4, -0.2) is 41.5 Å². The largest absolute Gasteiger partial charge is 0.454 e. The quantitative estimate of drug-likeness (QED) is 0.669. The van der Waals surface area contributed by atoms with Gasteiger partial charge in [0.15, 0.2) is 5.76 Å². The number of benzene rings is 1. The van der Waals surface area contributed by atoms with E-state index in [9.17, 15) is 13.2 Å². The Morgan fingerprint density at radius 3 is 2.52 bits per heavy atom. The van der Waals surface area contributed by atoms with Crippen molar-refractivity contribution in [3.05, 3.63) is 66.4 Å². The number of amides is 1. The Labute approximate surface area is 169 Å². The molecule has 152 valence electrons. The number of aromatic nitrogens is 2. The van der Waals surface area contributed by atoms with Crippen LogP contribution in [0.5, 0.6) is 0 Å². The van der Waals surface area contributed by atoms with Gasteiger partial charge < -0.3 is 9.73 Å². The smallest absolute Gasteiger partial charge is 0.291 e. The van der Waals surface area contributed by atoms with E-state index in [2.05, 4.69) is 10.4 Å². The highest BCUT2D eigenvalue weighted by Gasteiger charge is 2.25. The zero-order valence-electron chi connectivity index (χ0n) is 15.8. The Balaban J connectivity index is 1.41. The fourth-order valence-electron chi connectivity index (χ4n) is 3.30. The van der Waals surface area contributed by atoms with Gasteiger partial charge in [-0.25, -0.2) is 8.42 Å². The Morgan fingerprint density at radius 1 is 1.07 bits per heavy atom. The number of nitrogens with zero attached hydrogens (tertiary/aromatic N) is 3. The molecule has 1 saturated heterocycles. The van der Waals surface area contributed by atoms with Gasteiger partial charge in [-0.15, -0.1) is 0 Å². The molecule has 4 rings (SSSR count). The summed E-state index contributed by atoms with van der Waals surface area (Å²) in [5, 5.41) is 6.82. The molecular weight excluding hydrogens is 392 g/mol. The zero-order valence-corrected chi connectivity index (χ0v) is 16.6. The molecule has 29 heavy (non-hydrogen) atoms. The van der Waals surface area contributed by atoms with Crippen molar-refractivity contribution in [2.45, 2.75) is 30.7 Å². The van der Waals surface area contributed by atoms with Gasteiger partial charge in [-0.2, -0.15) is 9.40 Å². The number of anilines is 1. The van der Waals surface area contributed by atoms with Crippen molar-refractivity contribution in [1.29, 1.82) is 0 Å². The fraction of sp³-hybridized carbons (Fsp3) is 0.300. The van der Waals surface area contributed by atoms with Gasteiger partial charge in [0.25, 0.3) is 5.91 Å². The van der Waals surface area contributed by atoms with Gasteiger partial charge in [0.1, 0.15) is 5.76 Å². The molecule has 3 heterocycles. The number of nitrogens with one attached hydrogen (secondary N) is 1. The molecule has 1 N–H and O–H groups in total. The van der Waals surface area contributed by atoms with E-state index in [-0.39, 0.29) is 10.7 Å². The van der Waals surface area contributed by atoms with E-state index < -0.39 is 15.9 Å². The highest BCUT2D eigenvalue weighted by atomic mass is 32.2. The summed E-state index contributed by atoms with van der Waals surface area (Å²) in [6.45, 7) is 1.55. The minimum Gasteiger partial charge on any atom is -0.454 e. The monoisotopic (exact) mass is 414 g/mol. The lowest BCUT2D eigenvalue weighted by molar-refractivity contribution is 0.0994. The van der Waals surface area contributed by atoms with Crippen LogP contribution in [0, 0.1) is 0 Å². The molecule has 0 saturated carbocycles. The molecule has 3 aromatic rings. The molecule has 1 fully saturated rings. The summed E-state index contributed by atoms with van der Waals surface area (Å²) < 4.78 is 34.2. The van der Waals surface area contributed by atoms with E-state index in [1.54, 1.807) is 35.1 Å². The molecule has 0 spiro atoms. The van der Waals surface area contributed by atoms with Crippen molar-refractivity contribution in [2.24, 2.45) is 0 Å². The fourth-order valence-corrected chi connectivity index (χ4v) is 4.81. The maximum absolute atomic E-state index is 12.7. The number of carbonyl (C=O) groups is 1. The third-order valence-corrected chi connectivity index (χ3v) is 6.74. The first-order valence-corrected chi connectivity index (χ1v) is 10.9. The van der Waals surface area contributed by atoms with Gasteiger partial charge >= 0.3 is 0 Å². The first-order valence-electron chi connectivity index (χ1n) is 9.50. The van der Waals surface area contributed by atoms with E-state index in [0.717, 1.165) is 19.3 Å². The zero-order chi connectivity index (χ0) is 20.3. The third kappa shape index (κ3) is 4.41. The second-order valence-corrected chi connectivity index (χ2v) is 8.85. The molecule has 8 nitrogen and oxygen atoms in total. The normalized spacial score (nSPS) is 15.3. The van der Waals surface area contributed by atoms with Crippen molar-refractivity contribution >= 4 is 21.6 Å². The highest BCUT2D eigenvalue weighted by molar-refractivity contribution is 7.89. The van der Waals surface area contributed by atoms with Crippen molar-refractivity contribution in [2.75, 3.05) is 18.4 Å². The lowest BCUT2D eigenvalue weighted by Crippen LogP contribution is -2.35. The number of sulfonamides is 1. The van der Waals surface area contributed by atoms with Crippen molar-refractivity contribution < 1.29 is 17.6 Å².